The average Bonchev–Trinajstić information content (AvgIpc) is 2.53. The van der Waals surface area contributed by atoms with Gasteiger partial charge in [-0.3, -0.25) is 14.9 Å². The molecule has 0 saturated heterocycles. The van der Waals surface area contributed by atoms with E-state index in [2.05, 4.69) is 5.32 Å². The zero-order valence-corrected chi connectivity index (χ0v) is 13.1. The second-order valence-corrected chi connectivity index (χ2v) is 5.16. The Morgan fingerprint density at radius 3 is 2.52 bits per heavy atom. The number of carbonyl (C=O) groups is 1. The van der Waals surface area contributed by atoms with Crippen LogP contribution in [0.25, 0.3) is 0 Å². The van der Waals surface area contributed by atoms with E-state index in [0.29, 0.717) is 0 Å². The van der Waals surface area contributed by atoms with E-state index >= 15 is 0 Å². The third-order valence-corrected chi connectivity index (χ3v) is 3.29. The van der Waals surface area contributed by atoms with Gasteiger partial charge in [0.05, 0.1) is 21.2 Å². The first-order valence-electron chi connectivity index (χ1n) is 6.71. The van der Waals surface area contributed by atoms with Gasteiger partial charge in [0.2, 0.25) is 0 Å². The summed E-state index contributed by atoms with van der Waals surface area (Å²) >= 11 is 5.79. The number of benzene rings is 2. The molecule has 0 atom stereocenters. The molecule has 0 radical (unpaired) electrons. The van der Waals surface area contributed by atoms with E-state index in [1.807, 2.05) is 0 Å². The maximum absolute atomic E-state index is 12.9. The number of amides is 1. The van der Waals surface area contributed by atoms with Crippen LogP contribution in [0.2, 0.25) is 5.02 Å². The molecule has 10 heteroatoms. The van der Waals surface area contributed by atoms with Gasteiger partial charge in [-0.1, -0.05) is 23.7 Å². The summed E-state index contributed by atoms with van der Waals surface area (Å²) in [5.74, 6) is -0.849. The molecule has 0 aliphatic heterocycles. The molecule has 0 saturated carbocycles. The number of nitro benzene ring substituents is 1. The van der Waals surface area contributed by atoms with Crippen LogP contribution < -0.4 is 10.1 Å². The standard InChI is InChI=1S/C15H10ClF3N2O4/c16-11-7-9(21(23)24)5-6-13(11)25-8-14(22)20-12-4-2-1-3-10(12)15(17,18)19/h1-7H,8H2,(H,20,22). The van der Waals surface area contributed by atoms with E-state index in [4.69, 9.17) is 16.3 Å². The molecular weight excluding hydrogens is 365 g/mol. The summed E-state index contributed by atoms with van der Waals surface area (Å²) in [5, 5.41) is 12.6. The number of carbonyl (C=O) groups excluding carboxylic acids is 1. The first kappa shape index (κ1) is 18.5. The number of halogens is 4. The number of hydrogen-bond acceptors (Lipinski definition) is 4. The molecule has 2 aromatic rings. The third-order valence-electron chi connectivity index (χ3n) is 2.99. The summed E-state index contributed by atoms with van der Waals surface area (Å²) in [4.78, 5) is 21.7. The number of nitrogens with one attached hydrogen (secondary N) is 1. The number of nitrogens with zero attached hydrogens (tertiary/aromatic N) is 1. The summed E-state index contributed by atoms with van der Waals surface area (Å²) in [6.45, 7) is -0.621. The highest BCUT2D eigenvalue weighted by Crippen LogP contribution is 2.34. The van der Waals surface area contributed by atoms with Crippen molar-refractivity contribution in [1.82, 2.24) is 0 Å². The van der Waals surface area contributed by atoms with Crippen LogP contribution in [0.1, 0.15) is 5.56 Å². The molecule has 0 heterocycles. The SMILES string of the molecule is O=C(COc1ccc([N+](=O)[O-])cc1Cl)Nc1ccccc1C(F)(F)F. The van der Waals surface area contributed by atoms with Gasteiger partial charge in [0.1, 0.15) is 5.75 Å². The highest BCUT2D eigenvalue weighted by molar-refractivity contribution is 6.32. The molecule has 0 aliphatic rings. The van der Waals surface area contributed by atoms with E-state index in [1.165, 1.54) is 18.2 Å². The fraction of sp³-hybridized carbons (Fsp3) is 0.133. The molecule has 1 N–H and O–H groups in total. The molecule has 132 valence electrons. The second kappa shape index (κ2) is 7.39. The Balaban J connectivity index is 2.04. The first-order valence-corrected chi connectivity index (χ1v) is 7.09. The molecule has 0 unspecified atom stereocenters. The number of anilines is 1. The van der Waals surface area contributed by atoms with E-state index in [-0.39, 0.29) is 16.5 Å². The second-order valence-electron chi connectivity index (χ2n) is 4.75. The van der Waals surface area contributed by atoms with Crippen LogP contribution >= 0.6 is 11.6 Å². The van der Waals surface area contributed by atoms with E-state index in [9.17, 15) is 28.1 Å². The molecule has 2 rings (SSSR count). The summed E-state index contributed by atoms with van der Waals surface area (Å²) in [7, 11) is 0. The molecule has 0 spiro atoms. The molecular formula is C15H10ClF3N2O4. The molecule has 2 aromatic carbocycles. The number of nitro groups is 1. The van der Waals surface area contributed by atoms with Crippen LogP contribution in [0.15, 0.2) is 42.5 Å². The molecule has 0 aromatic heterocycles. The van der Waals surface area contributed by atoms with Crippen LogP contribution in [0.4, 0.5) is 24.5 Å². The predicted octanol–water partition coefficient (Wildman–Crippen LogP) is 4.28. The number of non-ortho nitro benzene ring substituents is 1. The van der Waals surface area contributed by atoms with Crippen molar-refractivity contribution in [2.24, 2.45) is 0 Å². The zero-order chi connectivity index (χ0) is 18.6. The number of rotatable bonds is 5. The normalized spacial score (nSPS) is 11.0. The minimum Gasteiger partial charge on any atom is -0.482 e. The van der Waals surface area contributed by atoms with Gasteiger partial charge in [0.25, 0.3) is 11.6 Å². The van der Waals surface area contributed by atoms with E-state index in [0.717, 1.165) is 24.3 Å². The topological polar surface area (TPSA) is 81.5 Å². The molecule has 0 aliphatic carbocycles. The lowest BCUT2D eigenvalue weighted by Gasteiger charge is -2.14. The summed E-state index contributed by atoms with van der Waals surface area (Å²) in [6, 6.07) is 7.84. The summed E-state index contributed by atoms with van der Waals surface area (Å²) < 4.78 is 43.6. The lowest BCUT2D eigenvalue weighted by atomic mass is 10.1. The Hall–Kier alpha value is -2.81. The van der Waals surface area contributed by atoms with Crippen molar-refractivity contribution in [3.63, 3.8) is 0 Å². The first-order chi connectivity index (χ1) is 11.7. The molecule has 1 amide bonds. The van der Waals surface area contributed by atoms with Crippen molar-refractivity contribution < 1.29 is 27.6 Å². The predicted molar refractivity (Wildman–Crippen MR) is 83.7 cm³/mol. The van der Waals surface area contributed by atoms with E-state index in [1.54, 1.807) is 0 Å². The summed E-state index contributed by atoms with van der Waals surface area (Å²) in [5.41, 5.74) is -1.66. The zero-order valence-electron chi connectivity index (χ0n) is 12.3. The minimum atomic E-state index is -4.62. The van der Waals surface area contributed by atoms with Crippen molar-refractivity contribution in [1.29, 1.82) is 0 Å². The van der Waals surface area contributed by atoms with Crippen LogP contribution in [-0.2, 0) is 11.0 Å². The smallest absolute Gasteiger partial charge is 0.418 e. The van der Waals surface area contributed by atoms with Gasteiger partial charge in [0.15, 0.2) is 6.61 Å². The number of para-hydroxylation sites is 1. The van der Waals surface area contributed by atoms with E-state index < -0.39 is 34.9 Å². The monoisotopic (exact) mass is 374 g/mol. The Bertz CT molecular complexity index is 812. The number of ether oxygens (including phenoxy) is 1. The highest BCUT2D eigenvalue weighted by atomic mass is 35.5. The van der Waals surface area contributed by atoms with Crippen molar-refractivity contribution >= 4 is 28.9 Å². The maximum atomic E-state index is 12.9. The van der Waals surface area contributed by atoms with Crippen LogP contribution in [-0.4, -0.2) is 17.4 Å². The van der Waals surface area contributed by atoms with Crippen molar-refractivity contribution in [3.05, 3.63) is 63.2 Å². The molecule has 6 nitrogen and oxygen atoms in total. The lowest BCUT2D eigenvalue weighted by molar-refractivity contribution is -0.384. The minimum absolute atomic E-state index is 0.00785. The van der Waals surface area contributed by atoms with Gasteiger partial charge in [0, 0.05) is 12.1 Å². The van der Waals surface area contributed by atoms with Gasteiger partial charge in [-0.15, -0.1) is 0 Å². The Kier molecular flexibility index (Phi) is 5.48. The number of alkyl halides is 3. The van der Waals surface area contributed by atoms with Gasteiger partial charge in [-0.25, -0.2) is 0 Å². The summed E-state index contributed by atoms with van der Waals surface area (Å²) in [6.07, 6.45) is -4.62. The Morgan fingerprint density at radius 2 is 1.92 bits per heavy atom. The lowest BCUT2D eigenvalue weighted by Crippen LogP contribution is -2.22. The molecule has 25 heavy (non-hydrogen) atoms. The number of hydrogen-bond donors (Lipinski definition) is 1. The third kappa shape index (κ3) is 4.83. The van der Waals surface area contributed by atoms with Gasteiger partial charge in [-0.05, 0) is 18.2 Å². The molecule has 0 bridgehead atoms. The van der Waals surface area contributed by atoms with Crippen molar-refractivity contribution in [2.45, 2.75) is 6.18 Å². The fourth-order valence-corrected chi connectivity index (χ4v) is 2.12. The van der Waals surface area contributed by atoms with Crippen molar-refractivity contribution in [2.75, 3.05) is 11.9 Å². The van der Waals surface area contributed by atoms with Crippen LogP contribution in [0.3, 0.4) is 0 Å². The maximum Gasteiger partial charge on any atom is 0.418 e. The quantitative estimate of drug-likeness (QED) is 0.625. The largest absolute Gasteiger partial charge is 0.482 e. The van der Waals surface area contributed by atoms with Gasteiger partial charge in [-0.2, -0.15) is 13.2 Å². The average molecular weight is 375 g/mol. The Labute approximate surface area is 144 Å². The van der Waals surface area contributed by atoms with Crippen LogP contribution in [0, 0.1) is 10.1 Å². The van der Waals surface area contributed by atoms with Gasteiger partial charge < -0.3 is 10.1 Å². The van der Waals surface area contributed by atoms with Gasteiger partial charge >= 0.3 is 6.18 Å². The highest BCUT2D eigenvalue weighted by Gasteiger charge is 2.33. The van der Waals surface area contributed by atoms with Crippen molar-refractivity contribution in [3.8, 4) is 5.75 Å². The molecule has 0 fully saturated rings. The Morgan fingerprint density at radius 1 is 1.24 bits per heavy atom. The van der Waals surface area contributed by atoms with Crippen LogP contribution in [0.5, 0.6) is 5.75 Å². The fourth-order valence-electron chi connectivity index (χ4n) is 1.89.